The minimum Gasteiger partial charge on any atom is -0.380 e. The van der Waals surface area contributed by atoms with E-state index in [9.17, 15) is 9.59 Å². The van der Waals surface area contributed by atoms with Gasteiger partial charge < -0.3 is 15.0 Å². The number of rotatable bonds is 3. The lowest BCUT2D eigenvalue weighted by molar-refractivity contribution is -0.192. The molecule has 20 heavy (non-hydrogen) atoms. The van der Waals surface area contributed by atoms with E-state index < -0.39 is 0 Å². The van der Waals surface area contributed by atoms with Gasteiger partial charge >= 0.3 is 0 Å². The molecule has 2 saturated heterocycles. The summed E-state index contributed by atoms with van der Waals surface area (Å²) in [6.45, 7) is 7.06. The average molecular weight is 280 g/mol. The number of hydrogen-bond donors (Lipinski definition) is 1. The first-order valence-corrected chi connectivity index (χ1v) is 7.52. The van der Waals surface area contributed by atoms with Crippen LogP contribution in [-0.4, -0.2) is 49.1 Å². The summed E-state index contributed by atoms with van der Waals surface area (Å²) in [4.78, 5) is 25.0. The zero-order valence-corrected chi connectivity index (χ0v) is 12.4. The Morgan fingerprint density at radius 2 is 1.85 bits per heavy atom. The number of amides is 2. The molecule has 5 nitrogen and oxygen atoms in total. The standard InChI is InChI=1S/C13H18N2O3.C2H6/c16-11(14-10-2-1-3-10)4-5-12(17)15-6-13(7-15)8-18-9-13;1-2/h4-5,10H,1-3,6-9H2,(H,14,16);1-2H3/b5-4+;. The maximum absolute atomic E-state index is 11.7. The highest BCUT2D eigenvalue weighted by molar-refractivity contribution is 5.97. The van der Waals surface area contributed by atoms with E-state index in [0.717, 1.165) is 39.1 Å². The fourth-order valence-corrected chi connectivity index (χ4v) is 2.55. The van der Waals surface area contributed by atoms with Gasteiger partial charge in [-0.25, -0.2) is 0 Å². The van der Waals surface area contributed by atoms with Crippen LogP contribution in [0.5, 0.6) is 0 Å². The van der Waals surface area contributed by atoms with Crippen LogP contribution in [0.4, 0.5) is 0 Å². The van der Waals surface area contributed by atoms with Crippen molar-refractivity contribution in [3.8, 4) is 0 Å². The molecule has 0 aromatic rings. The molecule has 1 saturated carbocycles. The van der Waals surface area contributed by atoms with Gasteiger partial charge in [-0.3, -0.25) is 9.59 Å². The highest BCUT2D eigenvalue weighted by Gasteiger charge is 2.50. The second-order valence-corrected chi connectivity index (χ2v) is 5.66. The molecule has 1 N–H and O–H groups in total. The van der Waals surface area contributed by atoms with E-state index in [2.05, 4.69) is 5.32 Å². The van der Waals surface area contributed by atoms with Crippen LogP contribution in [-0.2, 0) is 14.3 Å². The van der Waals surface area contributed by atoms with Crippen LogP contribution in [0.25, 0.3) is 0 Å². The highest BCUT2D eigenvalue weighted by Crippen LogP contribution is 2.37. The number of carbonyl (C=O) groups excluding carboxylic acids is 2. The van der Waals surface area contributed by atoms with Gasteiger partial charge in [0.05, 0.1) is 18.6 Å². The van der Waals surface area contributed by atoms with Crippen LogP contribution in [0, 0.1) is 5.41 Å². The molecule has 0 bridgehead atoms. The Bertz CT molecular complexity index is 390. The van der Waals surface area contributed by atoms with Crippen LogP contribution in [0.1, 0.15) is 33.1 Å². The van der Waals surface area contributed by atoms with Gasteiger partial charge in [-0.15, -0.1) is 0 Å². The van der Waals surface area contributed by atoms with Crippen LogP contribution in [0.15, 0.2) is 12.2 Å². The number of likely N-dealkylation sites (tertiary alicyclic amines) is 1. The molecule has 1 aliphatic carbocycles. The minimum absolute atomic E-state index is 0.0729. The van der Waals surface area contributed by atoms with Crippen molar-refractivity contribution in [3.63, 3.8) is 0 Å². The molecule has 0 atom stereocenters. The van der Waals surface area contributed by atoms with Gasteiger partial charge in [-0.2, -0.15) is 0 Å². The Hall–Kier alpha value is -1.36. The summed E-state index contributed by atoms with van der Waals surface area (Å²) < 4.78 is 5.15. The molecule has 0 aromatic carbocycles. The van der Waals surface area contributed by atoms with E-state index >= 15 is 0 Å². The van der Waals surface area contributed by atoms with Gasteiger partial charge in [0.2, 0.25) is 11.8 Å². The normalized spacial score (nSPS) is 23.2. The van der Waals surface area contributed by atoms with Gasteiger partial charge in [-0.05, 0) is 19.3 Å². The topological polar surface area (TPSA) is 58.6 Å². The van der Waals surface area contributed by atoms with Crippen LogP contribution >= 0.6 is 0 Å². The summed E-state index contributed by atoms with van der Waals surface area (Å²) >= 11 is 0. The Labute approximate surface area is 120 Å². The second-order valence-electron chi connectivity index (χ2n) is 5.66. The lowest BCUT2D eigenvalue weighted by Gasteiger charge is -2.54. The Morgan fingerprint density at radius 3 is 2.30 bits per heavy atom. The lowest BCUT2D eigenvalue weighted by atomic mass is 9.78. The first-order valence-electron chi connectivity index (χ1n) is 7.52. The average Bonchev–Trinajstić information content (AvgIpc) is 2.30. The van der Waals surface area contributed by atoms with Gasteiger partial charge in [0, 0.05) is 31.3 Å². The molecular weight excluding hydrogens is 256 g/mol. The molecule has 3 aliphatic rings. The molecule has 0 unspecified atom stereocenters. The van der Waals surface area contributed by atoms with Crippen molar-refractivity contribution >= 4 is 11.8 Å². The maximum Gasteiger partial charge on any atom is 0.246 e. The molecule has 112 valence electrons. The van der Waals surface area contributed by atoms with Crippen molar-refractivity contribution in [2.75, 3.05) is 26.3 Å². The van der Waals surface area contributed by atoms with E-state index in [-0.39, 0.29) is 17.2 Å². The molecule has 5 heteroatoms. The molecule has 1 spiro atoms. The zero-order valence-electron chi connectivity index (χ0n) is 12.4. The van der Waals surface area contributed by atoms with E-state index in [0.29, 0.717) is 6.04 Å². The largest absolute Gasteiger partial charge is 0.380 e. The molecule has 0 aromatic heterocycles. The van der Waals surface area contributed by atoms with Crippen LogP contribution in [0.3, 0.4) is 0 Å². The molecule has 2 amide bonds. The molecule has 3 rings (SSSR count). The van der Waals surface area contributed by atoms with Gasteiger partial charge in [-0.1, -0.05) is 13.8 Å². The van der Waals surface area contributed by atoms with Crippen LogP contribution < -0.4 is 5.32 Å². The van der Waals surface area contributed by atoms with Crippen molar-refractivity contribution in [3.05, 3.63) is 12.2 Å². The lowest BCUT2D eigenvalue weighted by Crippen LogP contribution is -2.66. The number of hydrogen-bond acceptors (Lipinski definition) is 3. The number of carbonyl (C=O) groups is 2. The molecule has 2 aliphatic heterocycles. The SMILES string of the molecule is CC.O=C(/C=C/C(=O)N1CC2(COC2)C1)NC1CCC1. The second kappa shape index (κ2) is 6.39. The van der Waals surface area contributed by atoms with E-state index in [1.165, 1.54) is 18.6 Å². The summed E-state index contributed by atoms with van der Waals surface area (Å²) in [6, 6.07) is 0.316. The summed E-state index contributed by atoms with van der Waals surface area (Å²) in [5.41, 5.74) is 0.234. The van der Waals surface area contributed by atoms with E-state index in [1.54, 1.807) is 4.90 Å². The van der Waals surface area contributed by atoms with Crippen molar-refractivity contribution in [2.24, 2.45) is 5.41 Å². The summed E-state index contributed by atoms with van der Waals surface area (Å²) in [5.74, 6) is -0.230. The van der Waals surface area contributed by atoms with Crippen LogP contribution in [0.2, 0.25) is 0 Å². The van der Waals surface area contributed by atoms with Crippen molar-refractivity contribution < 1.29 is 14.3 Å². The number of nitrogens with zero attached hydrogens (tertiary/aromatic N) is 1. The Kier molecular flexibility index (Phi) is 4.81. The first kappa shape index (κ1) is 15.0. The molecule has 2 heterocycles. The van der Waals surface area contributed by atoms with Crippen molar-refractivity contribution in [1.82, 2.24) is 10.2 Å². The maximum atomic E-state index is 11.7. The fraction of sp³-hybridized carbons (Fsp3) is 0.733. The monoisotopic (exact) mass is 280 g/mol. The molecule has 3 fully saturated rings. The summed E-state index contributed by atoms with van der Waals surface area (Å²) in [7, 11) is 0. The van der Waals surface area contributed by atoms with Gasteiger partial charge in [0.1, 0.15) is 0 Å². The minimum atomic E-state index is -0.157. The number of nitrogens with one attached hydrogen (secondary N) is 1. The Morgan fingerprint density at radius 1 is 1.20 bits per heavy atom. The van der Waals surface area contributed by atoms with Crippen molar-refractivity contribution in [2.45, 2.75) is 39.2 Å². The fourth-order valence-electron chi connectivity index (χ4n) is 2.55. The van der Waals surface area contributed by atoms with E-state index in [1.807, 2.05) is 13.8 Å². The Balaban J connectivity index is 0.000000704. The summed E-state index contributed by atoms with van der Waals surface area (Å²) in [5, 5.41) is 2.87. The van der Waals surface area contributed by atoms with Gasteiger partial charge in [0.25, 0.3) is 0 Å². The smallest absolute Gasteiger partial charge is 0.246 e. The quantitative estimate of drug-likeness (QED) is 0.788. The predicted octanol–water partition coefficient (Wildman–Crippen LogP) is 1.10. The predicted molar refractivity (Wildman–Crippen MR) is 76.1 cm³/mol. The number of ether oxygens (including phenoxy) is 1. The third-order valence-corrected chi connectivity index (χ3v) is 4.01. The third-order valence-electron chi connectivity index (χ3n) is 4.01. The van der Waals surface area contributed by atoms with E-state index in [4.69, 9.17) is 4.74 Å². The first-order chi connectivity index (χ1) is 9.67. The van der Waals surface area contributed by atoms with Gasteiger partial charge in [0.15, 0.2) is 0 Å². The van der Waals surface area contributed by atoms with Crippen molar-refractivity contribution in [1.29, 1.82) is 0 Å². The zero-order chi connectivity index (χ0) is 14.6. The highest BCUT2D eigenvalue weighted by atomic mass is 16.5. The third kappa shape index (κ3) is 3.20. The molecular formula is C15H24N2O3. The molecule has 0 radical (unpaired) electrons. The summed E-state index contributed by atoms with van der Waals surface area (Å²) in [6.07, 6.45) is 6.03.